The second kappa shape index (κ2) is 11.8. The molecular weight excluding hydrogens is 531 g/mol. The SMILES string of the molecule is O=C(NC1CCC(Nc2ccc3ncc(C(=O)Nc4c(F)cncc4NC4CC4)n3n2)CC1)OCCn1ccnc1. The van der Waals surface area contributed by atoms with Gasteiger partial charge in [-0.2, -0.15) is 0 Å². The number of fused-ring (bicyclic) bond motifs is 1. The topological polar surface area (TPSA) is 152 Å². The van der Waals surface area contributed by atoms with Crippen LogP contribution < -0.4 is 21.3 Å². The molecule has 13 nitrogen and oxygen atoms in total. The van der Waals surface area contributed by atoms with Crippen molar-refractivity contribution >= 4 is 34.8 Å². The van der Waals surface area contributed by atoms with Crippen molar-refractivity contribution in [3.63, 3.8) is 0 Å². The number of halogens is 1. The number of amides is 2. The van der Waals surface area contributed by atoms with Gasteiger partial charge in [0, 0.05) is 30.5 Å². The molecular formula is C27H31FN10O3. The van der Waals surface area contributed by atoms with E-state index in [4.69, 9.17) is 4.74 Å². The summed E-state index contributed by atoms with van der Waals surface area (Å²) in [6.45, 7) is 0.832. The molecule has 4 N–H and O–H groups in total. The minimum atomic E-state index is -0.624. The molecule has 2 aliphatic rings. The number of rotatable bonds is 10. The summed E-state index contributed by atoms with van der Waals surface area (Å²) in [5.74, 6) is -0.568. The lowest BCUT2D eigenvalue weighted by molar-refractivity contribution is 0.101. The Morgan fingerprint density at radius 2 is 1.76 bits per heavy atom. The maximum atomic E-state index is 14.6. The first-order chi connectivity index (χ1) is 20.0. The van der Waals surface area contributed by atoms with Gasteiger partial charge in [-0.05, 0) is 50.7 Å². The zero-order chi connectivity index (χ0) is 28.2. The molecule has 214 valence electrons. The standard InChI is InChI=1S/C27H31FN10O3/c28-20-13-30-14-21(32-17-1-2-17)25(20)35-26(39)22-15-31-24-8-7-23(36-38(22)24)33-18-3-5-19(6-4-18)34-27(40)41-12-11-37-10-9-29-16-37/h7-10,13-19,32H,1-6,11-12H2,(H,33,36)(H,34,40)(H,30,35,39). The first kappa shape index (κ1) is 26.5. The van der Waals surface area contributed by atoms with Crippen molar-refractivity contribution in [1.82, 2.24) is 34.4 Å². The number of imidazole rings is 2. The van der Waals surface area contributed by atoms with Crippen molar-refractivity contribution in [2.24, 2.45) is 0 Å². The molecule has 2 saturated carbocycles. The first-order valence-electron chi connectivity index (χ1n) is 13.7. The maximum Gasteiger partial charge on any atom is 0.407 e. The lowest BCUT2D eigenvalue weighted by Crippen LogP contribution is -2.40. The fourth-order valence-electron chi connectivity index (χ4n) is 4.86. The summed E-state index contributed by atoms with van der Waals surface area (Å²) >= 11 is 0. The van der Waals surface area contributed by atoms with Crippen molar-refractivity contribution < 1.29 is 18.7 Å². The van der Waals surface area contributed by atoms with Crippen molar-refractivity contribution in [2.45, 2.75) is 63.2 Å². The van der Waals surface area contributed by atoms with Crippen LogP contribution >= 0.6 is 0 Å². The Morgan fingerprint density at radius 3 is 2.54 bits per heavy atom. The van der Waals surface area contributed by atoms with Gasteiger partial charge in [0.2, 0.25) is 0 Å². The van der Waals surface area contributed by atoms with Crippen LogP contribution in [0.2, 0.25) is 0 Å². The second-order valence-corrected chi connectivity index (χ2v) is 10.3. The van der Waals surface area contributed by atoms with E-state index in [0.717, 1.165) is 44.7 Å². The van der Waals surface area contributed by atoms with Gasteiger partial charge in [-0.15, -0.1) is 5.10 Å². The van der Waals surface area contributed by atoms with E-state index in [1.165, 1.54) is 16.9 Å². The Kier molecular flexibility index (Phi) is 7.60. The van der Waals surface area contributed by atoms with Crippen LogP contribution in [0.3, 0.4) is 0 Å². The molecule has 0 aliphatic heterocycles. The molecule has 0 aromatic carbocycles. The van der Waals surface area contributed by atoms with Crippen molar-refractivity contribution in [3.05, 3.63) is 61.0 Å². The molecule has 4 heterocycles. The molecule has 0 radical (unpaired) electrons. The van der Waals surface area contributed by atoms with Gasteiger partial charge in [0.15, 0.2) is 17.2 Å². The minimum Gasteiger partial charge on any atom is -0.448 e. The van der Waals surface area contributed by atoms with E-state index in [2.05, 4.69) is 41.3 Å². The van der Waals surface area contributed by atoms with Gasteiger partial charge in [-0.25, -0.2) is 23.7 Å². The lowest BCUT2D eigenvalue weighted by Gasteiger charge is -2.29. The van der Waals surface area contributed by atoms with E-state index < -0.39 is 17.8 Å². The van der Waals surface area contributed by atoms with Crippen LogP contribution in [0.1, 0.15) is 49.0 Å². The average molecular weight is 563 g/mol. The Bertz CT molecular complexity index is 1510. The quantitative estimate of drug-likeness (QED) is 0.228. The summed E-state index contributed by atoms with van der Waals surface area (Å²) in [4.78, 5) is 37.4. The molecule has 4 aromatic rings. The highest BCUT2D eigenvalue weighted by Crippen LogP contribution is 2.31. The summed E-state index contributed by atoms with van der Waals surface area (Å²) < 4.78 is 23.1. The summed E-state index contributed by atoms with van der Waals surface area (Å²) in [6.07, 6.45) is 14.0. The Balaban J connectivity index is 1.03. The molecule has 14 heteroatoms. The Hall–Kier alpha value is -4.75. The number of anilines is 3. The summed E-state index contributed by atoms with van der Waals surface area (Å²) in [7, 11) is 0. The van der Waals surface area contributed by atoms with E-state index in [0.29, 0.717) is 23.7 Å². The van der Waals surface area contributed by atoms with Crippen LogP contribution in [0.4, 0.5) is 26.4 Å². The summed E-state index contributed by atoms with van der Waals surface area (Å²) in [5, 5.41) is 16.8. The monoisotopic (exact) mass is 562 g/mol. The number of nitrogens with zero attached hydrogens (tertiary/aromatic N) is 6. The zero-order valence-electron chi connectivity index (χ0n) is 22.3. The van der Waals surface area contributed by atoms with Gasteiger partial charge in [0.1, 0.15) is 18.1 Å². The molecule has 2 amide bonds. The lowest BCUT2D eigenvalue weighted by atomic mass is 9.91. The average Bonchev–Trinajstić information content (AvgIpc) is 3.44. The number of pyridine rings is 1. The fraction of sp³-hybridized carbons (Fsp3) is 0.407. The molecule has 0 spiro atoms. The van der Waals surface area contributed by atoms with Crippen molar-refractivity contribution in [1.29, 1.82) is 0 Å². The van der Waals surface area contributed by atoms with E-state index >= 15 is 0 Å². The molecule has 41 heavy (non-hydrogen) atoms. The molecule has 2 fully saturated rings. The van der Waals surface area contributed by atoms with Crippen LogP contribution in [0, 0.1) is 5.82 Å². The number of ether oxygens (including phenoxy) is 1. The predicted octanol–water partition coefficient (Wildman–Crippen LogP) is 3.44. The Labute approximate surface area is 234 Å². The molecule has 0 atom stereocenters. The van der Waals surface area contributed by atoms with Gasteiger partial charge in [-0.3, -0.25) is 9.78 Å². The Morgan fingerprint density at radius 1 is 0.976 bits per heavy atom. The summed E-state index contributed by atoms with van der Waals surface area (Å²) in [5.41, 5.74) is 1.16. The van der Waals surface area contributed by atoms with Crippen LogP contribution in [-0.2, 0) is 11.3 Å². The van der Waals surface area contributed by atoms with Crippen LogP contribution in [-0.4, -0.2) is 65.9 Å². The molecule has 0 unspecified atom stereocenters. The van der Waals surface area contributed by atoms with E-state index in [-0.39, 0.29) is 36.1 Å². The van der Waals surface area contributed by atoms with E-state index in [1.807, 2.05) is 16.8 Å². The molecule has 4 aromatic heterocycles. The van der Waals surface area contributed by atoms with Crippen molar-refractivity contribution in [2.75, 3.05) is 22.6 Å². The fourth-order valence-corrected chi connectivity index (χ4v) is 4.86. The highest BCUT2D eigenvalue weighted by atomic mass is 19.1. The van der Waals surface area contributed by atoms with Gasteiger partial charge in [0.25, 0.3) is 5.91 Å². The number of aromatic nitrogens is 6. The smallest absolute Gasteiger partial charge is 0.407 e. The van der Waals surface area contributed by atoms with Crippen LogP contribution in [0.5, 0.6) is 0 Å². The number of carbonyl (C=O) groups is 2. The minimum absolute atomic E-state index is 0.0426. The number of hydrogen-bond acceptors (Lipinski definition) is 9. The third-order valence-electron chi connectivity index (χ3n) is 7.21. The number of hydrogen-bond donors (Lipinski definition) is 4. The van der Waals surface area contributed by atoms with Gasteiger partial charge < -0.3 is 30.6 Å². The van der Waals surface area contributed by atoms with Crippen LogP contribution in [0.25, 0.3) is 5.65 Å². The second-order valence-electron chi connectivity index (χ2n) is 10.3. The first-order valence-corrected chi connectivity index (χ1v) is 13.7. The van der Waals surface area contributed by atoms with Crippen molar-refractivity contribution in [3.8, 4) is 0 Å². The third kappa shape index (κ3) is 6.53. The van der Waals surface area contributed by atoms with Gasteiger partial charge in [-0.1, -0.05) is 0 Å². The van der Waals surface area contributed by atoms with E-state index in [9.17, 15) is 14.0 Å². The van der Waals surface area contributed by atoms with E-state index in [1.54, 1.807) is 18.6 Å². The third-order valence-corrected chi connectivity index (χ3v) is 7.21. The normalized spacial score (nSPS) is 18.6. The number of nitrogens with one attached hydrogen (secondary N) is 4. The summed E-state index contributed by atoms with van der Waals surface area (Å²) in [6, 6.07) is 4.04. The number of alkyl carbamates (subject to hydrolysis) is 1. The zero-order valence-corrected chi connectivity index (χ0v) is 22.3. The molecule has 0 bridgehead atoms. The van der Waals surface area contributed by atoms with Crippen LogP contribution in [0.15, 0.2) is 49.4 Å². The molecule has 6 rings (SSSR count). The highest BCUT2D eigenvalue weighted by molar-refractivity contribution is 6.05. The number of carbonyl (C=O) groups excluding carboxylic acids is 2. The molecule has 2 aliphatic carbocycles. The molecule has 0 saturated heterocycles. The highest BCUT2D eigenvalue weighted by Gasteiger charge is 2.25. The largest absolute Gasteiger partial charge is 0.448 e. The maximum absolute atomic E-state index is 14.6. The predicted molar refractivity (Wildman–Crippen MR) is 148 cm³/mol. The van der Waals surface area contributed by atoms with Gasteiger partial charge in [0.05, 0.1) is 37.1 Å². The van der Waals surface area contributed by atoms with Gasteiger partial charge >= 0.3 is 6.09 Å².